The number of aromatic nitrogens is 1. The van der Waals surface area contributed by atoms with E-state index in [4.69, 9.17) is 4.52 Å². The molecule has 0 aliphatic carbocycles. The molecule has 2 saturated heterocycles. The lowest BCUT2D eigenvalue weighted by molar-refractivity contribution is -0.139. The number of piperazine rings is 1. The normalized spacial score (nSPS) is 25.5. The van der Waals surface area contributed by atoms with Crippen molar-refractivity contribution in [1.82, 2.24) is 20.3 Å². The highest BCUT2D eigenvalue weighted by Crippen LogP contribution is 2.31. The molecule has 2 aliphatic heterocycles. The SMILES string of the molecule is Cc1cc(CN2CCN(C(=O)C3NCCCC3(C)C)CC2)on1. The molecule has 1 aromatic heterocycles. The number of hydrogen-bond donors (Lipinski definition) is 1. The monoisotopic (exact) mass is 320 g/mol. The largest absolute Gasteiger partial charge is 0.360 e. The van der Waals surface area contributed by atoms with Crippen LogP contribution in [0.25, 0.3) is 0 Å². The molecule has 1 unspecified atom stereocenters. The Morgan fingerprint density at radius 1 is 1.39 bits per heavy atom. The Bertz CT molecular complexity index is 547. The summed E-state index contributed by atoms with van der Waals surface area (Å²) in [5.74, 6) is 1.17. The van der Waals surface area contributed by atoms with Gasteiger partial charge in [0.1, 0.15) is 0 Å². The average Bonchev–Trinajstić information content (AvgIpc) is 2.92. The van der Waals surface area contributed by atoms with E-state index in [9.17, 15) is 4.79 Å². The molecule has 6 nitrogen and oxygen atoms in total. The van der Waals surface area contributed by atoms with E-state index in [0.717, 1.165) is 63.6 Å². The Balaban J connectivity index is 1.53. The number of carbonyl (C=O) groups excluding carboxylic acids is 1. The van der Waals surface area contributed by atoms with Crippen LogP contribution in [-0.4, -0.2) is 59.6 Å². The Hall–Kier alpha value is -1.40. The summed E-state index contributed by atoms with van der Waals surface area (Å²) in [6.45, 7) is 11.4. The summed E-state index contributed by atoms with van der Waals surface area (Å²) in [5.41, 5.74) is 0.962. The van der Waals surface area contributed by atoms with Crippen molar-refractivity contribution in [3.8, 4) is 0 Å². The minimum absolute atomic E-state index is 0.0419. The number of aryl methyl sites for hydroxylation is 1. The molecule has 2 fully saturated rings. The number of rotatable bonds is 3. The molecule has 2 aliphatic rings. The van der Waals surface area contributed by atoms with E-state index < -0.39 is 0 Å². The molecule has 3 heterocycles. The van der Waals surface area contributed by atoms with Crippen molar-refractivity contribution < 1.29 is 9.32 Å². The minimum Gasteiger partial charge on any atom is -0.360 e. The van der Waals surface area contributed by atoms with Crippen molar-refractivity contribution in [2.24, 2.45) is 5.41 Å². The highest BCUT2D eigenvalue weighted by molar-refractivity contribution is 5.83. The Morgan fingerprint density at radius 2 is 2.13 bits per heavy atom. The zero-order valence-corrected chi connectivity index (χ0v) is 14.5. The fourth-order valence-electron chi connectivity index (χ4n) is 3.65. The van der Waals surface area contributed by atoms with Gasteiger partial charge in [0.05, 0.1) is 18.3 Å². The van der Waals surface area contributed by atoms with Crippen LogP contribution in [0.1, 0.15) is 38.1 Å². The highest BCUT2D eigenvalue weighted by Gasteiger charge is 2.39. The third-order valence-electron chi connectivity index (χ3n) is 5.11. The van der Waals surface area contributed by atoms with E-state index in [1.165, 1.54) is 0 Å². The van der Waals surface area contributed by atoms with Gasteiger partial charge >= 0.3 is 0 Å². The van der Waals surface area contributed by atoms with E-state index in [1.54, 1.807) is 0 Å². The summed E-state index contributed by atoms with van der Waals surface area (Å²) in [7, 11) is 0. The lowest BCUT2D eigenvalue weighted by Gasteiger charge is -2.43. The van der Waals surface area contributed by atoms with Crippen molar-refractivity contribution >= 4 is 5.91 Å². The molecule has 6 heteroatoms. The number of nitrogens with zero attached hydrogens (tertiary/aromatic N) is 3. The van der Waals surface area contributed by atoms with Crippen LogP contribution in [0.15, 0.2) is 10.6 Å². The molecular formula is C17H28N4O2. The predicted molar refractivity (Wildman–Crippen MR) is 87.9 cm³/mol. The molecule has 23 heavy (non-hydrogen) atoms. The molecule has 0 aromatic carbocycles. The van der Waals surface area contributed by atoms with Crippen LogP contribution in [0, 0.1) is 12.3 Å². The Morgan fingerprint density at radius 3 is 2.74 bits per heavy atom. The van der Waals surface area contributed by atoms with Crippen LogP contribution < -0.4 is 5.32 Å². The second-order valence-electron chi connectivity index (χ2n) is 7.52. The van der Waals surface area contributed by atoms with Crippen LogP contribution in [0.2, 0.25) is 0 Å². The number of nitrogens with one attached hydrogen (secondary N) is 1. The number of amides is 1. The van der Waals surface area contributed by atoms with Gasteiger partial charge in [-0.2, -0.15) is 0 Å². The minimum atomic E-state index is -0.0419. The van der Waals surface area contributed by atoms with Gasteiger partial charge in [0.15, 0.2) is 5.76 Å². The Labute approximate surface area is 138 Å². The molecule has 1 atom stereocenters. The molecule has 1 aromatic rings. The summed E-state index contributed by atoms with van der Waals surface area (Å²) in [6.07, 6.45) is 2.27. The van der Waals surface area contributed by atoms with Crippen molar-refractivity contribution in [3.05, 3.63) is 17.5 Å². The van der Waals surface area contributed by atoms with Gasteiger partial charge in [-0.05, 0) is 31.7 Å². The van der Waals surface area contributed by atoms with E-state index >= 15 is 0 Å². The first-order chi connectivity index (χ1) is 11.0. The van der Waals surface area contributed by atoms with Crippen LogP contribution in [0.5, 0.6) is 0 Å². The topological polar surface area (TPSA) is 61.6 Å². The third kappa shape index (κ3) is 3.75. The summed E-state index contributed by atoms with van der Waals surface area (Å²) in [4.78, 5) is 17.2. The molecule has 1 N–H and O–H groups in total. The number of hydrogen-bond acceptors (Lipinski definition) is 5. The second kappa shape index (κ2) is 6.61. The van der Waals surface area contributed by atoms with Gasteiger partial charge in [-0.25, -0.2) is 0 Å². The van der Waals surface area contributed by atoms with Crippen LogP contribution >= 0.6 is 0 Å². The van der Waals surface area contributed by atoms with E-state index in [0.29, 0.717) is 0 Å². The first-order valence-corrected chi connectivity index (χ1v) is 8.62. The lowest BCUT2D eigenvalue weighted by Crippen LogP contribution is -2.59. The van der Waals surface area contributed by atoms with Gasteiger partial charge in [0, 0.05) is 32.2 Å². The maximum Gasteiger partial charge on any atom is 0.240 e. The fourth-order valence-corrected chi connectivity index (χ4v) is 3.65. The zero-order chi connectivity index (χ0) is 16.4. The van der Waals surface area contributed by atoms with Crippen molar-refractivity contribution in [2.45, 2.75) is 46.2 Å². The number of carbonyl (C=O) groups is 1. The maximum absolute atomic E-state index is 12.9. The van der Waals surface area contributed by atoms with Gasteiger partial charge < -0.3 is 14.7 Å². The van der Waals surface area contributed by atoms with Crippen LogP contribution in [0.3, 0.4) is 0 Å². The molecule has 0 spiro atoms. The van der Waals surface area contributed by atoms with E-state index in [-0.39, 0.29) is 17.4 Å². The van der Waals surface area contributed by atoms with Gasteiger partial charge in [-0.1, -0.05) is 19.0 Å². The molecule has 1 amide bonds. The molecule has 0 radical (unpaired) electrons. The fraction of sp³-hybridized carbons (Fsp3) is 0.765. The number of piperidine rings is 1. The van der Waals surface area contributed by atoms with Gasteiger partial charge in [0.2, 0.25) is 5.91 Å². The maximum atomic E-state index is 12.9. The van der Waals surface area contributed by atoms with Crippen molar-refractivity contribution in [1.29, 1.82) is 0 Å². The standard InChI is InChI=1S/C17H28N4O2/c1-13-11-14(23-19-13)12-20-7-9-21(10-8-20)16(22)15-17(2,3)5-4-6-18-15/h11,15,18H,4-10,12H2,1-3H3. The predicted octanol–water partition coefficient (Wildman–Crippen LogP) is 1.41. The zero-order valence-electron chi connectivity index (χ0n) is 14.5. The molecule has 0 bridgehead atoms. The third-order valence-corrected chi connectivity index (χ3v) is 5.11. The second-order valence-corrected chi connectivity index (χ2v) is 7.52. The summed E-state index contributed by atoms with van der Waals surface area (Å²) in [5, 5.41) is 7.36. The summed E-state index contributed by atoms with van der Waals surface area (Å²) >= 11 is 0. The molecule has 0 saturated carbocycles. The van der Waals surface area contributed by atoms with Gasteiger partial charge in [0.25, 0.3) is 0 Å². The summed E-state index contributed by atoms with van der Waals surface area (Å²) < 4.78 is 5.28. The van der Waals surface area contributed by atoms with Crippen molar-refractivity contribution in [2.75, 3.05) is 32.7 Å². The van der Waals surface area contributed by atoms with Crippen LogP contribution in [-0.2, 0) is 11.3 Å². The molecular weight excluding hydrogens is 292 g/mol. The van der Waals surface area contributed by atoms with E-state index in [2.05, 4.69) is 29.2 Å². The molecule has 3 rings (SSSR count). The van der Waals surface area contributed by atoms with Crippen molar-refractivity contribution in [3.63, 3.8) is 0 Å². The van der Waals surface area contributed by atoms with Crippen LogP contribution in [0.4, 0.5) is 0 Å². The van der Waals surface area contributed by atoms with Gasteiger partial charge in [-0.3, -0.25) is 9.69 Å². The quantitative estimate of drug-likeness (QED) is 0.912. The van der Waals surface area contributed by atoms with Gasteiger partial charge in [-0.15, -0.1) is 0 Å². The van der Waals surface area contributed by atoms with E-state index in [1.807, 2.05) is 17.9 Å². The first-order valence-electron chi connectivity index (χ1n) is 8.62. The lowest BCUT2D eigenvalue weighted by atomic mass is 9.77. The summed E-state index contributed by atoms with van der Waals surface area (Å²) in [6, 6.07) is 1.94. The molecule has 128 valence electrons. The average molecular weight is 320 g/mol. The first kappa shape index (κ1) is 16.5. The smallest absolute Gasteiger partial charge is 0.240 e. The highest BCUT2D eigenvalue weighted by atomic mass is 16.5. The Kier molecular flexibility index (Phi) is 4.73.